The predicted octanol–water partition coefficient (Wildman–Crippen LogP) is 4.74. The summed E-state index contributed by atoms with van der Waals surface area (Å²) in [4.78, 5) is 46.4. The standard InChI is InChI=1S/C37H32F2N6O6S/c38-30-19-27-33(32(39)28(30)20-43-37-40-16-17-41-37)44(18-15-23-7-3-1-4-8-23)22-29(34(27)46)35(47)42-21-31(36(48)49)45(52(50)51)26-13-11-25(12-14-26)24-9-5-2-6-10-24/h1-14,16-17,19,22,31,52H,15,18,20-21H2,(H,42,47)(H,48,49)(H2,40,41,43). The highest BCUT2D eigenvalue weighted by atomic mass is 32.2. The van der Waals surface area contributed by atoms with Crippen LogP contribution in [0, 0.1) is 11.6 Å². The molecule has 0 aliphatic heterocycles. The third-order valence-corrected chi connectivity index (χ3v) is 9.32. The first-order valence-corrected chi connectivity index (χ1v) is 17.2. The minimum absolute atomic E-state index is 0.0368. The van der Waals surface area contributed by atoms with Gasteiger partial charge in [0.25, 0.3) is 5.91 Å². The number of aromatic amines is 1. The fourth-order valence-corrected chi connectivity index (χ4v) is 6.57. The van der Waals surface area contributed by atoms with Gasteiger partial charge in [0.1, 0.15) is 11.4 Å². The minimum atomic E-state index is -3.51. The summed E-state index contributed by atoms with van der Waals surface area (Å²) in [6, 6.07) is 23.6. The number of carboxylic acids is 1. The Balaban J connectivity index is 1.31. The van der Waals surface area contributed by atoms with Gasteiger partial charge < -0.3 is 25.3 Å². The van der Waals surface area contributed by atoms with E-state index in [-0.39, 0.29) is 35.8 Å². The van der Waals surface area contributed by atoms with E-state index in [1.807, 2.05) is 60.7 Å². The molecule has 1 atom stereocenters. The quantitative estimate of drug-likeness (QED) is 0.100. The number of anilines is 2. The van der Waals surface area contributed by atoms with Gasteiger partial charge >= 0.3 is 5.97 Å². The molecule has 2 aromatic heterocycles. The van der Waals surface area contributed by atoms with Crippen LogP contribution in [0.15, 0.2) is 114 Å². The maximum Gasteiger partial charge on any atom is 0.329 e. The van der Waals surface area contributed by atoms with Gasteiger partial charge in [-0.3, -0.25) is 13.9 Å². The average Bonchev–Trinajstić information content (AvgIpc) is 3.67. The van der Waals surface area contributed by atoms with Crippen LogP contribution in [0.4, 0.5) is 20.4 Å². The lowest BCUT2D eigenvalue weighted by molar-refractivity contribution is -0.138. The maximum atomic E-state index is 16.1. The number of nitrogens with one attached hydrogen (secondary N) is 3. The van der Waals surface area contributed by atoms with Gasteiger partial charge in [0.2, 0.25) is 16.3 Å². The van der Waals surface area contributed by atoms with Gasteiger partial charge in [-0.05, 0) is 41.3 Å². The smallest absolute Gasteiger partial charge is 0.329 e. The monoisotopic (exact) mass is 726 g/mol. The predicted molar refractivity (Wildman–Crippen MR) is 193 cm³/mol. The molecule has 4 N–H and O–H groups in total. The first-order valence-electron chi connectivity index (χ1n) is 16.0. The normalized spacial score (nSPS) is 11.8. The van der Waals surface area contributed by atoms with Crippen molar-refractivity contribution >= 4 is 45.3 Å². The van der Waals surface area contributed by atoms with Crippen molar-refractivity contribution in [2.45, 2.75) is 25.6 Å². The number of aryl methyl sites for hydroxylation is 2. The van der Waals surface area contributed by atoms with Gasteiger partial charge in [-0.15, -0.1) is 0 Å². The number of carboxylic acid groups (broad SMARTS) is 1. The van der Waals surface area contributed by atoms with Crippen molar-refractivity contribution in [2.75, 3.05) is 16.2 Å². The number of aromatic nitrogens is 3. The number of amides is 1. The van der Waals surface area contributed by atoms with Crippen molar-refractivity contribution in [3.8, 4) is 11.1 Å². The lowest BCUT2D eigenvalue weighted by Gasteiger charge is -2.25. The summed E-state index contributed by atoms with van der Waals surface area (Å²) < 4.78 is 58.3. The zero-order valence-corrected chi connectivity index (χ0v) is 28.2. The highest BCUT2D eigenvalue weighted by Crippen LogP contribution is 2.26. The fourth-order valence-electron chi connectivity index (χ4n) is 5.84. The number of rotatable bonds is 14. The average molecular weight is 727 g/mol. The first-order chi connectivity index (χ1) is 25.1. The molecule has 52 heavy (non-hydrogen) atoms. The van der Waals surface area contributed by atoms with Crippen molar-refractivity contribution in [1.82, 2.24) is 19.9 Å². The molecule has 0 saturated heterocycles. The van der Waals surface area contributed by atoms with E-state index in [0.717, 1.165) is 29.0 Å². The Morgan fingerprint density at radius 3 is 2.27 bits per heavy atom. The number of imidazole rings is 1. The Bertz CT molecular complexity index is 2350. The number of halogens is 2. The molecule has 15 heteroatoms. The van der Waals surface area contributed by atoms with Crippen LogP contribution in [-0.2, 0) is 35.2 Å². The molecule has 1 unspecified atom stereocenters. The van der Waals surface area contributed by atoms with Gasteiger partial charge in [-0.1, -0.05) is 72.8 Å². The summed E-state index contributed by atoms with van der Waals surface area (Å²) in [5.41, 5.74) is 0.427. The number of pyridine rings is 1. The van der Waals surface area contributed by atoms with Crippen LogP contribution in [0.2, 0.25) is 0 Å². The number of aliphatic carboxylic acids is 1. The van der Waals surface area contributed by atoms with E-state index in [0.29, 0.717) is 10.7 Å². The van der Waals surface area contributed by atoms with E-state index in [1.165, 1.54) is 29.1 Å². The number of hydrogen-bond donors (Lipinski definition) is 5. The molecule has 0 spiro atoms. The van der Waals surface area contributed by atoms with Gasteiger partial charge in [-0.25, -0.2) is 27.0 Å². The highest BCUT2D eigenvalue weighted by Gasteiger charge is 2.30. The van der Waals surface area contributed by atoms with Crippen LogP contribution >= 0.6 is 0 Å². The lowest BCUT2D eigenvalue weighted by Crippen LogP contribution is -2.48. The van der Waals surface area contributed by atoms with Crippen LogP contribution in [0.25, 0.3) is 22.0 Å². The van der Waals surface area contributed by atoms with Crippen LogP contribution in [-0.4, -0.2) is 52.5 Å². The summed E-state index contributed by atoms with van der Waals surface area (Å²) in [5.74, 6) is -4.39. The van der Waals surface area contributed by atoms with E-state index < -0.39 is 63.4 Å². The number of carbonyl (C=O) groups excluding carboxylic acids is 1. The van der Waals surface area contributed by atoms with Gasteiger partial charge in [0, 0.05) is 37.2 Å². The molecular weight excluding hydrogens is 695 g/mol. The number of thiol groups is 1. The summed E-state index contributed by atoms with van der Waals surface area (Å²) >= 11 is 0. The molecule has 6 rings (SSSR count). The second kappa shape index (κ2) is 15.7. The highest BCUT2D eigenvalue weighted by molar-refractivity contribution is 7.74. The topological polar surface area (TPSA) is 166 Å². The van der Waals surface area contributed by atoms with E-state index in [9.17, 15) is 27.9 Å². The van der Waals surface area contributed by atoms with E-state index in [1.54, 1.807) is 12.1 Å². The summed E-state index contributed by atoms with van der Waals surface area (Å²) in [6.45, 7) is -0.963. The molecule has 0 aliphatic rings. The van der Waals surface area contributed by atoms with Crippen LogP contribution in [0.3, 0.4) is 0 Å². The molecule has 0 fully saturated rings. The van der Waals surface area contributed by atoms with Crippen molar-refractivity contribution in [3.63, 3.8) is 0 Å². The third kappa shape index (κ3) is 7.68. The van der Waals surface area contributed by atoms with Crippen molar-refractivity contribution < 1.29 is 31.9 Å². The molecule has 1 amide bonds. The first kappa shape index (κ1) is 35.5. The molecule has 12 nitrogen and oxygen atoms in total. The zero-order valence-electron chi connectivity index (χ0n) is 27.3. The molecule has 0 aliphatic carbocycles. The molecular formula is C37H32F2N6O6S. The second-order valence-corrected chi connectivity index (χ2v) is 12.6. The Morgan fingerprint density at radius 2 is 1.63 bits per heavy atom. The van der Waals surface area contributed by atoms with Crippen LogP contribution in [0.5, 0.6) is 0 Å². The minimum Gasteiger partial charge on any atom is -0.480 e. The Morgan fingerprint density at radius 1 is 0.962 bits per heavy atom. The Labute approximate surface area is 297 Å². The largest absolute Gasteiger partial charge is 0.480 e. The third-order valence-electron chi connectivity index (χ3n) is 8.46. The van der Waals surface area contributed by atoms with E-state index in [2.05, 4.69) is 20.6 Å². The maximum absolute atomic E-state index is 16.1. The number of nitrogens with zero attached hydrogens (tertiary/aromatic N) is 3. The van der Waals surface area contributed by atoms with Crippen molar-refractivity contribution in [2.24, 2.45) is 0 Å². The Kier molecular flexibility index (Phi) is 10.7. The molecule has 0 radical (unpaired) electrons. The number of benzene rings is 4. The number of fused-ring (bicyclic) bond motifs is 1. The van der Waals surface area contributed by atoms with Crippen molar-refractivity contribution in [1.29, 1.82) is 0 Å². The SMILES string of the molecule is O=C(NCC(C(=O)O)N(c1ccc(-c2ccccc2)cc1)[SH](=O)=O)c1cn(CCc2ccccc2)c2c(F)c(CNc3ncc[nH]3)c(F)cc2c1=O. The molecule has 0 bridgehead atoms. The van der Waals surface area contributed by atoms with E-state index >= 15 is 8.78 Å². The van der Waals surface area contributed by atoms with Crippen LogP contribution < -0.4 is 20.4 Å². The van der Waals surface area contributed by atoms with E-state index in [4.69, 9.17) is 0 Å². The fraction of sp³-hybridized carbons (Fsp3) is 0.135. The van der Waals surface area contributed by atoms with Gasteiger partial charge in [0.15, 0.2) is 17.8 Å². The lowest BCUT2D eigenvalue weighted by atomic mass is 10.0. The van der Waals surface area contributed by atoms with Crippen LogP contribution in [0.1, 0.15) is 21.5 Å². The molecule has 2 heterocycles. The number of H-pyrrole nitrogens is 1. The number of carbonyl (C=O) groups is 2. The van der Waals surface area contributed by atoms with Gasteiger partial charge in [0.05, 0.1) is 23.1 Å². The number of hydrogen-bond acceptors (Lipinski definition) is 7. The second-order valence-electron chi connectivity index (χ2n) is 11.7. The summed E-state index contributed by atoms with van der Waals surface area (Å²) in [7, 11) is -3.51. The zero-order chi connectivity index (χ0) is 36.8. The van der Waals surface area contributed by atoms with Gasteiger partial charge in [-0.2, -0.15) is 0 Å². The summed E-state index contributed by atoms with van der Waals surface area (Å²) in [5, 5.41) is 14.8. The molecule has 4 aromatic carbocycles. The van der Waals surface area contributed by atoms with Crippen molar-refractivity contribution in [3.05, 3.63) is 148 Å². The molecule has 0 saturated carbocycles. The molecule has 6 aromatic rings. The Hall–Kier alpha value is -6.35. The molecule has 266 valence electrons. The summed E-state index contributed by atoms with van der Waals surface area (Å²) in [6.07, 6.45) is 4.48.